The van der Waals surface area contributed by atoms with Gasteiger partial charge >= 0.3 is 0 Å². The molecule has 0 spiro atoms. The average Bonchev–Trinajstić information content (AvgIpc) is 2.91. The van der Waals surface area contributed by atoms with Crippen LogP contribution in [0.3, 0.4) is 0 Å². The smallest absolute Gasteiger partial charge is 0.211 e. The molecule has 0 fully saturated rings. The van der Waals surface area contributed by atoms with E-state index in [1.807, 2.05) is 32.0 Å². The summed E-state index contributed by atoms with van der Waals surface area (Å²) < 4.78 is 5.56. The summed E-state index contributed by atoms with van der Waals surface area (Å²) in [5, 5.41) is 4.65. The maximum Gasteiger partial charge on any atom is 0.211 e. The van der Waals surface area contributed by atoms with Crippen LogP contribution in [0.15, 0.2) is 40.9 Å². The molecule has 3 rings (SSSR count). The maximum absolute atomic E-state index is 5.56. The maximum atomic E-state index is 5.56. The number of aromatic nitrogens is 2. The number of oxazole rings is 1. The van der Waals surface area contributed by atoms with Gasteiger partial charge in [0.05, 0.1) is 17.8 Å². The van der Waals surface area contributed by atoms with Gasteiger partial charge in [0, 0.05) is 17.6 Å². The molecule has 1 aromatic carbocycles. The molecular formula is C17H19N3O. The fraction of sp³-hybridized carbons (Fsp3) is 0.294. The van der Waals surface area contributed by atoms with Crippen molar-refractivity contribution in [1.82, 2.24) is 15.3 Å². The summed E-state index contributed by atoms with van der Waals surface area (Å²) in [7, 11) is 0. The Morgan fingerprint density at radius 1 is 1.24 bits per heavy atom. The molecule has 3 aromatic rings. The molecule has 0 radical (unpaired) electrons. The Morgan fingerprint density at radius 2 is 2.05 bits per heavy atom. The molecule has 4 nitrogen and oxygen atoms in total. The van der Waals surface area contributed by atoms with Crippen molar-refractivity contribution in [1.29, 1.82) is 0 Å². The lowest BCUT2D eigenvalue weighted by Gasteiger charge is -2.12. The lowest BCUT2D eigenvalue weighted by atomic mass is 10.1. The van der Waals surface area contributed by atoms with Crippen LogP contribution >= 0.6 is 0 Å². The number of pyridine rings is 1. The predicted octanol–water partition coefficient (Wildman–Crippen LogP) is 3.69. The van der Waals surface area contributed by atoms with E-state index < -0.39 is 0 Å². The van der Waals surface area contributed by atoms with Crippen LogP contribution < -0.4 is 5.32 Å². The molecule has 0 aliphatic rings. The quantitative estimate of drug-likeness (QED) is 0.792. The SMILES string of the molecule is Cc1cc(CNC(C)c2ncc(C)o2)c2ccccc2n1. The number of aryl methyl sites for hydroxylation is 2. The molecule has 108 valence electrons. The Kier molecular flexibility index (Phi) is 3.71. The van der Waals surface area contributed by atoms with Gasteiger partial charge in [0.15, 0.2) is 0 Å². The molecule has 0 bridgehead atoms. The van der Waals surface area contributed by atoms with Crippen LogP contribution in [0.4, 0.5) is 0 Å². The number of hydrogen-bond donors (Lipinski definition) is 1. The van der Waals surface area contributed by atoms with Crippen LogP contribution in [0.2, 0.25) is 0 Å². The summed E-state index contributed by atoms with van der Waals surface area (Å²) in [6.45, 7) is 6.74. The van der Waals surface area contributed by atoms with Gasteiger partial charge in [-0.1, -0.05) is 18.2 Å². The lowest BCUT2D eigenvalue weighted by molar-refractivity contribution is 0.402. The summed E-state index contributed by atoms with van der Waals surface area (Å²) in [5.41, 5.74) is 3.31. The zero-order valence-corrected chi connectivity index (χ0v) is 12.6. The summed E-state index contributed by atoms with van der Waals surface area (Å²) in [6, 6.07) is 10.4. The molecule has 1 unspecified atom stereocenters. The standard InChI is InChI=1S/C17H19N3O/c1-11-8-14(15-6-4-5-7-16(15)20-11)10-18-13(3)17-19-9-12(2)21-17/h4-9,13,18H,10H2,1-3H3. The molecular weight excluding hydrogens is 262 g/mol. The first-order chi connectivity index (χ1) is 10.1. The van der Waals surface area contributed by atoms with Crippen molar-refractivity contribution >= 4 is 10.9 Å². The van der Waals surface area contributed by atoms with Crippen molar-refractivity contribution in [2.75, 3.05) is 0 Å². The highest BCUT2D eigenvalue weighted by Crippen LogP contribution is 2.19. The molecule has 21 heavy (non-hydrogen) atoms. The van der Waals surface area contributed by atoms with Gasteiger partial charge in [-0.05, 0) is 38.5 Å². The summed E-state index contributed by atoms with van der Waals surface area (Å²) in [4.78, 5) is 8.83. The highest BCUT2D eigenvalue weighted by atomic mass is 16.4. The normalized spacial score (nSPS) is 12.7. The molecule has 0 amide bonds. The number of para-hydroxylation sites is 1. The van der Waals surface area contributed by atoms with Crippen LogP contribution in [0.25, 0.3) is 10.9 Å². The minimum atomic E-state index is 0.0749. The van der Waals surface area contributed by atoms with Gasteiger partial charge in [-0.25, -0.2) is 4.98 Å². The first-order valence-electron chi connectivity index (χ1n) is 7.14. The first kappa shape index (κ1) is 13.8. The highest BCUT2D eigenvalue weighted by Gasteiger charge is 2.11. The number of nitrogens with one attached hydrogen (secondary N) is 1. The van der Waals surface area contributed by atoms with Crippen LogP contribution in [0, 0.1) is 13.8 Å². The zero-order chi connectivity index (χ0) is 14.8. The van der Waals surface area contributed by atoms with E-state index in [-0.39, 0.29) is 6.04 Å². The van der Waals surface area contributed by atoms with Crippen molar-refractivity contribution in [3.8, 4) is 0 Å². The molecule has 0 saturated heterocycles. The molecule has 1 N–H and O–H groups in total. The highest BCUT2D eigenvalue weighted by molar-refractivity contribution is 5.82. The van der Waals surface area contributed by atoms with E-state index in [1.54, 1.807) is 6.20 Å². The van der Waals surface area contributed by atoms with Crippen molar-refractivity contribution in [3.05, 3.63) is 59.4 Å². The number of fused-ring (bicyclic) bond motifs is 1. The number of hydrogen-bond acceptors (Lipinski definition) is 4. The van der Waals surface area contributed by atoms with Crippen LogP contribution in [0.5, 0.6) is 0 Å². The lowest BCUT2D eigenvalue weighted by Crippen LogP contribution is -2.18. The third-order valence-corrected chi connectivity index (χ3v) is 3.54. The van der Waals surface area contributed by atoms with E-state index >= 15 is 0 Å². The largest absolute Gasteiger partial charge is 0.444 e. The predicted molar refractivity (Wildman–Crippen MR) is 83.0 cm³/mol. The molecule has 0 aliphatic heterocycles. The Labute approximate surface area is 124 Å². The molecule has 0 aliphatic carbocycles. The fourth-order valence-corrected chi connectivity index (χ4v) is 2.46. The minimum Gasteiger partial charge on any atom is -0.444 e. The van der Waals surface area contributed by atoms with Gasteiger partial charge in [0.2, 0.25) is 5.89 Å². The van der Waals surface area contributed by atoms with Crippen molar-refractivity contribution in [2.24, 2.45) is 0 Å². The van der Waals surface area contributed by atoms with E-state index in [1.165, 1.54) is 10.9 Å². The number of rotatable bonds is 4. The van der Waals surface area contributed by atoms with Crippen molar-refractivity contribution < 1.29 is 4.42 Å². The van der Waals surface area contributed by atoms with E-state index in [9.17, 15) is 0 Å². The fourth-order valence-electron chi connectivity index (χ4n) is 2.46. The Morgan fingerprint density at radius 3 is 2.81 bits per heavy atom. The third kappa shape index (κ3) is 2.95. The van der Waals surface area contributed by atoms with E-state index in [4.69, 9.17) is 4.42 Å². The molecule has 0 saturated carbocycles. The second kappa shape index (κ2) is 5.66. The zero-order valence-electron chi connectivity index (χ0n) is 12.6. The molecule has 2 heterocycles. The molecule has 2 aromatic heterocycles. The van der Waals surface area contributed by atoms with Gasteiger partial charge in [0.1, 0.15) is 5.76 Å². The number of nitrogens with zero attached hydrogens (tertiary/aromatic N) is 2. The van der Waals surface area contributed by atoms with Gasteiger partial charge in [-0.15, -0.1) is 0 Å². The third-order valence-electron chi connectivity index (χ3n) is 3.54. The average molecular weight is 281 g/mol. The van der Waals surface area contributed by atoms with Crippen LogP contribution in [-0.2, 0) is 6.54 Å². The van der Waals surface area contributed by atoms with E-state index in [2.05, 4.69) is 34.3 Å². The van der Waals surface area contributed by atoms with E-state index in [0.29, 0.717) is 0 Å². The van der Waals surface area contributed by atoms with Crippen LogP contribution in [-0.4, -0.2) is 9.97 Å². The van der Waals surface area contributed by atoms with Gasteiger partial charge < -0.3 is 9.73 Å². The van der Waals surface area contributed by atoms with Gasteiger partial charge in [0.25, 0.3) is 0 Å². The topological polar surface area (TPSA) is 51.0 Å². The van der Waals surface area contributed by atoms with Gasteiger partial charge in [-0.2, -0.15) is 0 Å². The first-order valence-corrected chi connectivity index (χ1v) is 7.14. The van der Waals surface area contributed by atoms with Gasteiger partial charge in [-0.3, -0.25) is 4.98 Å². The molecule has 4 heteroatoms. The second-order valence-electron chi connectivity index (χ2n) is 5.35. The summed E-state index contributed by atoms with van der Waals surface area (Å²) in [6.07, 6.45) is 1.75. The molecule has 1 atom stereocenters. The van der Waals surface area contributed by atoms with Crippen molar-refractivity contribution in [3.63, 3.8) is 0 Å². The number of benzene rings is 1. The Hall–Kier alpha value is -2.20. The summed E-state index contributed by atoms with van der Waals surface area (Å²) in [5.74, 6) is 1.56. The Bertz CT molecular complexity index is 764. The Balaban J connectivity index is 1.82. The minimum absolute atomic E-state index is 0.0749. The monoisotopic (exact) mass is 281 g/mol. The van der Waals surface area contributed by atoms with E-state index in [0.717, 1.165) is 29.4 Å². The summed E-state index contributed by atoms with van der Waals surface area (Å²) >= 11 is 0. The van der Waals surface area contributed by atoms with Crippen molar-refractivity contribution in [2.45, 2.75) is 33.4 Å². The van der Waals surface area contributed by atoms with Crippen LogP contribution in [0.1, 0.15) is 35.9 Å². The second-order valence-corrected chi connectivity index (χ2v) is 5.35.